The summed E-state index contributed by atoms with van der Waals surface area (Å²) in [6.45, 7) is 1.86. The van der Waals surface area contributed by atoms with Gasteiger partial charge in [0.05, 0.1) is 10.6 Å². The number of halogens is 1. The molecule has 6 heteroatoms. The van der Waals surface area contributed by atoms with E-state index in [4.69, 9.17) is 0 Å². The maximum absolute atomic E-state index is 13.6. The molecule has 0 radical (unpaired) electrons. The highest BCUT2D eigenvalue weighted by Gasteiger charge is 2.25. The lowest BCUT2D eigenvalue weighted by molar-refractivity contribution is -0.384. The van der Waals surface area contributed by atoms with Gasteiger partial charge in [0, 0.05) is 24.2 Å². The number of benzene rings is 1. The van der Waals surface area contributed by atoms with Crippen LogP contribution in [-0.4, -0.2) is 14.5 Å². The molecule has 1 fully saturated rings. The average molecular weight is 303 g/mol. The number of nitro benzene ring substituents is 1. The third kappa shape index (κ3) is 2.73. The number of aromatic nitrogens is 2. The van der Waals surface area contributed by atoms with E-state index in [-0.39, 0.29) is 17.3 Å². The molecule has 1 aliphatic rings. The largest absolute Gasteiger partial charge is 0.297 e. The molecule has 1 saturated carbocycles. The van der Waals surface area contributed by atoms with Crippen molar-refractivity contribution in [1.82, 2.24) is 9.55 Å². The Hall–Kier alpha value is -2.24. The fraction of sp³-hybridized carbons (Fsp3) is 0.438. The van der Waals surface area contributed by atoms with E-state index in [0.717, 1.165) is 43.3 Å². The Morgan fingerprint density at radius 2 is 2.05 bits per heavy atom. The highest BCUT2D eigenvalue weighted by molar-refractivity contribution is 5.53. The summed E-state index contributed by atoms with van der Waals surface area (Å²) >= 11 is 0. The van der Waals surface area contributed by atoms with Crippen molar-refractivity contribution in [1.29, 1.82) is 0 Å². The first-order valence-electron chi connectivity index (χ1n) is 7.56. The topological polar surface area (TPSA) is 61.0 Å². The van der Waals surface area contributed by atoms with Gasteiger partial charge in [0.1, 0.15) is 17.3 Å². The van der Waals surface area contributed by atoms with Gasteiger partial charge >= 0.3 is 0 Å². The van der Waals surface area contributed by atoms with Crippen molar-refractivity contribution < 1.29 is 9.31 Å². The summed E-state index contributed by atoms with van der Waals surface area (Å²) in [6, 6.07) is 3.54. The van der Waals surface area contributed by atoms with E-state index in [0.29, 0.717) is 0 Å². The Morgan fingerprint density at radius 1 is 1.32 bits per heavy atom. The molecule has 3 rings (SSSR count). The maximum atomic E-state index is 13.6. The summed E-state index contributed by atoms with van der Waals surface area (Å²) in [5, 5.41) is 11.3. The first kappa shape index (κ1) is 14.7. The fourth-order valence-corrected chi connectivity index (χ4v) is 3.20. The molecule has 1 aromatic carbocycles. The molecule has 5 nitrogen and oxygen atoms in total. The summed E-state index contributed by atoms with van der Waals surface area (Å²) in [6.07, 6.45) is 7.31. The molecule has 0 aliphatic heterocycles. The van der Waals surface area contributed by atoms with Gasteiger partial charge in [-0.15, -0.1) is 0 Å². The van der Waals surface area contributed by atoms with E-state index < -0.39 is 10.7 Å². The molecule has 116 valence electrons. The van der Waals surface area contributed by atoms with E-state index in [1.54, 1.807) is 10.8 Å². The van der Waals surface area contributed by atoms with Crippen LogP contribution in [0.25, 0.3) is 5.69 Å². The molecule has 0 unspecified atom stereocenters. The number of hydrogen-bond donors (Lipinski definition) is 0. The van der Waals surface area contributed by atoms with Gasteiger partial charge in [-0.3, -0.25) is 14.7 Å². The van der Waals surface area contributed by atoms with Gasteiger partial charge in [-0.1, -0.05) is 19.3 Å². The molecule has 0 N–H and O–H groups in total. The van der Waals surface area contributed by atoms with Crippen LogP contribution in [0.15, 0.2) is 24.4 Å². The summed E-state index contributed by atoms with van der Waals surface area (Å²) in [5.41, 5.74) is 0.946. The van der Waals surface area contributed by atoms with Gasteiger partial charge in [0.25, 0.3) is 5.69 Å². The molecule has 22 heavy (non-hydrogen) atoms. The lowest BCUT2D eigenvalue weighted by Gasteiger charge is -2.22. The molecule has 1 aromatic heterocycles. The molecule has 0 bridgehead atoms. The summed E-state index contributed by atoms with van der Waals surface area (Å²) in [5.74, 6) is 0.609. The summed E-state index contributed by atoms with van der Waals surface area (Å²) in [7, 11) is 0. The lowest BCUT2D eigenvalue weighted by Crippen LogP contribution is -2.12. The van der Waals surface area contributed by atoms with E-state index in [1.807, 2.05) is 6.92 Å². The van der Waals surface area contributed by atoms with Crippen LogP contribution in [-0.2, 0) is 0 Å². The minimum atomic E-state index is -0.485. The normalized spacial score (nSPS) is 15.9. The van der Waals surface area contributed by atoms with Gasteiger partial charge in [0.2, 0.25) is 0 Å². The fourth-order valence-electron chi connectivity index (χ4n) is 3.20. The number of rotatable bonds is 3. The van der Waals surface area contributed by atoms with Crippen molar-refractivity contribution in [3.63, 3.8) is 0 Å². The highest BCUT2D eigenvalue weighted by Crippen LogP contribution is 2.35. The molecule has 1 aliphatic carbocycles. The number of imidazole rings is 1. The standard InChI is InChI=1S/C16H18FN3O2/c1-11-10-19(16(18-11)12-5-3-2-4-6-12)15-9-13(17)7-8-14(15)20(21)22/h7-10,12H,2-6H2,1H3. The summed E-state index contributed by atoms with van der Waals surface area (Å²) in [4.78, 5) is 15.3. The second-order valence-electron chi connectivity index (χ2n) is 5.84. The van der Waals surface area contributed by atoms with Crippen LogP contribution in [0.4, 0.5) is 10.1 Å². The maximum Gasteiger partial charge on any atom is 0.293 e. The zero-order valence-corrected chi connectivity index (χ0v) is 12.5. The molecule has 0 atom stereocenters. The van der Waals surface area contributed by atoms with E-state index in [1.165, 1.54) is 18.6 Å². The van der Waals surface area contributed by atoms with Crippen LogP contribution in [0.3, 0.4) is 0 Å². The first-order valence-corrected chi connectivity index (χ1v) is 7.56. The average Bonchev–Trinajstić information content (AvgIpc) is 2.89. The lowest BCUT2D eigenvalue weighted by atomic mass is 9.88. The van der Waals surface area contributed by atoms with Crippen LogP contribution in [0.5, 0.6) is 0 Å². The Labute approximate surface area is 127 Å². The molecule has 0 saturated heterocycles. The predicted molar refractivity (Wildman–Crippen MR) is 80.7 cm³/mol. The smallest absolute Gasteiger partial charge is 0.293 e. The van der Waals surface area contributed by atoms with E-state index in [9.17, 15) is 14.5 Å². The van der Waals surface area contributed by atoms with Crippen LogP contribution in [0.2, 0.25) is 0 Å². The Kier molecular flexibility index (Phi) is 3.92. The zero-order valence-electron chi connectivity index (χ0n) is 12.5. The number of nitro groups is 1. The number of hydrogen-bond acceptors (Lipinski definition) is 3. The molecule has 0 spiro atoms. The van der Waals surface area contributed by atoms with Gasteiger partial charge in [-0.25, -0.2) is 9.37 Å². The van der Waals surface area contributed by atoms with E-state index >= 15 is 0 Å². The first-order chi connectivity index (χ1) is 10.6. The monoisotopic (exact) mass is 303 g/mol. The number of aryl methyl sites for hydroxylation is 1. The van der Waals surface area contributed by atoms with Crippen LogP contribution >= 0.6 is 0 Å². The molecule has 1 heterocycles. The van der Waals surface area contributed by atoms with Crippen molar-refractivity contribution in [2.24, 2.45) is 0 Å². The quantitative estimate of drug-likeness (QED) is 0.628. The van der Waals surface area contributed by atoms with E-state index in [2.05, 4.69) is 4.98 Å². The predicted octanol–water partition coefficient (Wildman–Crippen LogP) is 4.28. The third-order valence-electron chi connectivity index (χ3n) is 4.22. The Balaban J connectivity index is 2.12. The van der Waals surface area contributed by atoms with Crippen LogP contribution in [0.1, 0.15) is 49.5 Å². The Bertz CT molecular complexity index is 705. The molecular formula is C16H18FN3O2. The summed E-state index contributed by atoms with van der Waals surface area (Å²) < 4.78 is 15.3. The second-order valence-corrected chi connectivity index (χ2v) is 5.84. The zero-order chi connectivity index (χ0) is 15.7. The van der Waals surface area contributed by atoms with Crippen molar-refractivity contribution in [2.75, 3.05) is 0 Å². The second kappa shape index (κ2) is 5.87. The van der Waals surface area contributed by atoms with Crippen molar-refractivity contribution in [3.05, 3.63) is 51.8 Å². The SMILES string of the molecule is Cc1cn(-c2cc(F)ccc2[N+](=O)[O-])c(C2CCCCC2)n1. The highest BCUT2D eigenvalue weighted by atomic mass is 19.1. The molecule has 2 aromatic rings. The minimum Gasteiger partial charge on any atom is -0.297 e. The number of nitrogens with zero attached hydrogens (tertiary/aromatic N) is 3. The van der Waals surface area contributed by atoms with Gasteiger partial charge in [0.15, 0.2) is 0 Å². The van der Waals surface area contributed by atoms with Gasteiger partial charge in [-0.05, 0) is 25.8 Å². The van der Waals surface area contributed by atoms with Gasteiger partial charge in [-0.2, -0.15) is 0 Å². The van der Waals surface area contributed by atoms with Crippen LogP contribution in [0, 0.1) is 22.9 Å². The molecular weight excluding hydrogens is 285 g/mol. The third-order valence-corrected chi connectivity index (χ3v) is 4.22. The van der Waals surface area contributed by atoms with Crippen molar-refractivity contribution >= 4 is 5.69 Å². The van der Waals surface area contributed by atoms with Crippen LogP contribution < -0.4 is 0 Å². The van der Waals surface area contributed by atoms with Crippen molar-refractivity contribution in [2.45, 2.75) is 44.9 Å². The van der Waals surface area contributed by atoms with Gasteiger partial charge < -0.3 is 0 Å². The van der Waals surface area contributed by atoms with Crippen molar-refractivity contribution in [3.8, 4) is 5.69 Å². The Morgan fingerprint density at radius 3 is 2.73 bits per heavy atom. The molecule has 0 amide bonds. The minimum absolute atomic E-state index is 0.101.